The van der Waals surface area contributed by atoms with Crippen molar-refractivity contribution in [3.63, 3.8) is 0 Å². The van der Waals surface area contributed by atoms with Crippen molar-refractivity contribution in [3.05, 3.63) is 18.4 Å². The summed E-state index contributed by atoms with van der Waals surface area (Å²) in [6.07, 6.45) is 9.37. The molecular weight excluding hydrogens is 398 g/mol. The molecule has 7 nitrogen and oxygen atoms in total. The van der Waals surface area contributed by atoms with Gasteiger partial charge < -0.3 is 13.9 Å². The Morgan fingerprint density at radius 3 is 2.60 bits per heavy atom. The van der Waals surface area contributed by atoms with E-state index in [1.54, 1.807) is 6.26 Å². The van der Waals surface area contributed by atoms with Crippen molar-refractivity contribution in [2.24, 2.45) is 24.8 Å². The molecule has 8 heteroatoms. The fourth-order valence-corrected chi connectivity index (χ4v) is 7.24. The topological polar surface area (TPSA) is 88.0 Å². The molecule has 0 aliphatic heterocycles. The van der Waals surface area contributed by atoms with E-state index < -0.39 is 0 Å². The van der Waals surface area contributed by atoms with Gasteiger partial charge in [0.05, 0.1) is 24.5 Å². The first-order valence-electron chi connectivity index (χ1n) is 10.8. The third-order valence-electron chi connectivity index (χ3n) is 7.23. The Bertz CT molecular complexity index is 926. The summed E-state index contributed by atoms with van der Waals surface area (Å²) in [6, 6.07) is 5.92. The van der Waals surface area contributed by atoms with Crippen LogP contribution in [-0.2, 0) is 11.8 Å². The first-order chi connectivity index (χ1) is 14.6. The first kappa shape index (κ1) is 19.7. The lowest BCUT2D eigenvalue weighted by Gasteiger charge is -2.60. The van der Waals surface area contributed by atoms with Gasteiger partial charge >= 0.3 is 0 Å². The van der Waals surface area contributed by atoms with Crippen molar-refractivity contribution in [2.45, 2.75) is 55.6 Å². The zero-order chi connectivity index (χ0) is 20.7. The number of aromatic nitrogens is 3. The van der Waals surface area contributed by atoms with E-state index in [1.165, 1.54) is 31.0 Å². The molecule has 0 spiro atoms. The largest absolute Gasteiger partial charge is 0.461 e. The Labute approximate surface area is 180 Å². The molecule has 6 rings (SSSR count). The molecule has 0 saturated heterocycles. The number of nitriles is 1. The third-order valence-corrected chi connectivity index (χ3v) is 8.23. The molecule has 158 valence electrons. The van der Waals surface area contributed by atoms with Gasteiger partial charge in [0, 0.05) is 19.1 Å². The third kappa shape index (κ3) is 3.43. The van der Waals surface area contributed by atoms with Crippen molar-refractivity contribution >= 4 is 17.7 Å². The molecule has 4 aliphatic carbocycles. The van der Waals surface area contributed by atoms with Crippen LogP contribution in [0.2, 0.25) is 0 Å². The SMILES string of the molecule is Cn1c(SCC(=O)N(CCC#N)C23CC4CC(CC(C4)C2)C3)nnc1-c1ccco1. The Morgan fingerprint density at radius 1 is 1.30 bits per heavy atom. The van der Waals surface area contributed by atoms with Gasteiger partial charge in [-0.05, 0) is 68.4 Å². The molecule has 4 bridgehead atoms. The molecule has 0 unspecified atom stereocenters. The fraction of sp³-hybridized carbons (Fsp3) is 0.636. The minimum Gasteiger partial charge on any atom is -0.461 e. The van der Waals surface area contributed by atoms with Crippen LogP contribution in [-0.4, -0.2) is 43.4 Å². The van der Waals surface area contributed by atoms with Crippen LogP contribution in [0.5, 0.6) is 0 Å². The van der Waals surface area contributed by atoms with Crippen molar-refractivity contribution in [3.8, 4) is 17.7 Å². The second kappa shape index (κ2) is 7.77. The summed E-state index contributed by atoms with van der Waals surface area (Å²) in [5, 5.41) is 18.4. The number of rotatable bonds is 7. The van der Waals surface area contributed by atoms with Gasteiger partial charge in [0.25, 0.3) is 0 Å². The number of hydrogen-bond acceptors (Lipinski definition) is 6. The Balaban J connectivity index is 1.31. The normalized spacial score (nSPS) is 29.1. The van der Waals surface area contributed by atoms with E-state index in [4.69, 9.17) is 4.42 Å². The van der Waals surface area contributed by atoms with Gasteiger partial charge in [0.15, 0.2) is 16.7 Å². The summed E-state index contributed by atoms with van der Waals surface area (Å²) in [7, 11) is 1.89. The van der Waals surface area contributed by atoms with E-state index in [-0.39, 0.29) is 11.4 Å². The molecule has 4 aliphatic rings. The number of carbonyl (C=O) groups excluding carboxylic acids is 1. The second-order valence-electron chi connectivity index (χ2n) is 9.23. The van der Waals surface area contributed by atoms with Gasteiger partial charge in [-0.25, -0.2) is 0 Å². The fourth-order valence-electron chi connectivity index (χ4n) is 6.45. The van der Waals surface area contributed by atoms with E-state index in [9.17, 15) is 10.1 Å². The Morgan fingerprint density at radius 2 is 2.00 bits per heavy atom. The maximum absolute atomic E-state index is 13.4. The van der Waals surface area contributed by atoms with E-state index in [0.29, 0.717) is 35.5 Å². The van der Waals surface area contributed by atoms with Crippen molar-refractivity contribution < 1.29 is 9.21 Å². The highest BCUT2D eigenvalue weighted by atomic mass is 32.2. The van der Waals surface area contributed by atoms with Crippen molar-refractivity contribution in [1.82, 2.24) is 19.7 Å². The molecule has 2 aromatic heterocycles. The van der Waals surface area contributed by atoms with Crippen LogP contribution in [0.15, 0.2) is 28.0 Å². The molecule has 0 radical (unpaired) electrons. The zero-order valence-corrected chi connectivity index (χ0v) is 18.1. The summed E-state index contributed by atoms with van der Waals surface area (Å²) in [5.74, 6) is 4.03. The highest BCUT2D eigenvalue weighted by Gasteiger charge is 2.54. The number of furan rings is 1. The highest BCUT2D eigenvalue weighted by molar-refractivity contribution is 7.99. The average molecular weight is 426 g/mol. The van der Waals surface area contributed by atoms with Crippen molar-refractivity contribution in [2.75, 3.05) is 12.3 Å². The van der Waals surface area contributed by atoms with Crippen LogP contribution in [0, 0.1) is 29.1 Å². The minimum absolute atomic E-state index is 0.0253. The summed E-state index contributed by atoms with van der Waals surface area (Å²) < 4.78 is 7.28. The van der Waals surface area contributed by atoms with Gasteiger partial charge in [0.2, 0.25) is 5.91 Å². The molecule has 0 aromatic carbocycles. The van der Waals surface area contributed by atoms with Gasteiger partial charge in [0.1, 0.15) is 0 Å². The number of carbonyl (C=O) groups is 1. The summed E-state index contributed by atoms with van der Waals surface area (Å²) >= 11 is 1.41. The van der Waals surface area contributed by atoms with Crippen LogP contribution in [0.1, 0.15) is 44.9 Å². The van der Waals surface area contributed by atoms with Crippen LogP contribution >= 0.6 is 11.8 Å². The molecule has 4 saturated carbocycles. The van der Waals surface area contributed by atoms with E-state index in [0.717, 1.165) is 37.0 Å². The number of nitrogens with zero attached hydrogens (tertiary/aromatic N) is 5. The molecular formula is C22H27N5O2S. The number of amides is 1. The molecule has 0 atom stereocenters. The van der Waals surface area contributed by atoms with Gasteiger partial charge in [-0.3, -0.25) is 4.79 Å². The molecule has 2 heterocycles. The summed E-state index contributed by atoms with van der Waals surface area (Å²) in [6.45, 7) is 0.540. The van der Waals surface area contributed by atoms with Crippen molar-refractivity contribution in [1.29, 1.82) is 5.26 Å². The monoisotopic (exact) mass is 425 g/mol. The van der Waals surface area contributed by atoms with Gasteiger partial charge in [-0.15, -0.1) is 10.2 Å². The average Bonchev–Trinajstić information content (AvgIpc) is 3.35. The zero-order valence-electron chi connectivity index (χ0n) is 17.3. The summed E-state index contributed by atoms with van der Waals surface area (Å²) in [5.41, 5.74) is -0.0253. The van der Waals surface area contributed by atoms with Crippen LogP contribution in [0.3, 0.4) is 0 Å². The maximum Gasteiger partial charge on any atom is 0.233 e. The molecule has 1 amide bonds. The van der Waals surface area contributed by atoms with Crippen LogP contribution < -0.4 is 0 Å². The number of hydrogen-bond donors (Lipinski definition) is 0. The van der Waals surface area contributed by atoms with Crippen LogP contribution in [0.4, 0.5) is 0 Å². The molecule has 0 N–H and O–H groups in total. The lowest BCUT2D eigenvalue weighted by atomic mass is 9.52. The smallest absolute Gasteiger partial charge is 0.233 e. The first-order valence-corrected chi connectivity index (χ1v) is 11.8. The Hall–Kier alpha value is -2.27. The molecule has 2 aromatic rings. The van der Waals surface area contributed by atoms with E-state index in [1.807, 2.05) is 23.7 Å². The lowest BCUT2D eigenvalue weighted by Crippen LogP contribution is -2.62. The standard InChI is InChI=1S/C22H27N5O2S/c1-26-20(18-4-2-7-29-18)24-25-21(26)30-14-19(28)27(6-3-5-23)22-11-15-8-16(12-22)10-17(9-15)13-22/h2,4,7,15-17H,3,6,8-14H2,1H3. The van der Waals surface area contributed by atoms with E-state index >= 15 is 0 Å². The quantitative estimate of drug-likeness (QED) is 0.626. The van der Waals surface area contributed by atoms with Gasteiger partial charge in [-0.2, -0.15) is 5.26 Å². The maximum atomic E-state index is 13.4. The molecule has 4 fully saturated rings. The molecule has 30 heavy (non-hydrogen) atoms. The van der Waals surface area contributed by atoms with Crippen LogP contribution in [0.25, 0.3) is 11.6 Å². The predicted molar refractivity (Wildman–Crippen MR) is 112 cm³/mol. The van der Waals surface area contributed by atoms with Gasteiger partial charge in [-0.1, -0.05) is 11.8 Å². The van der Waals surface area contributed by atoms with E-state index in [2.05, 4.69) is 21.2 Å². The Kier molecular flexibility index (Phi) is 5.10. The highest BCUT2D eigenvalue weighted by Crippen LogP contribution is 2.57. The number of thioether (sulfide) groups is 1. The lowest BCUT2D eigenvalue weighted by molar-refractivity contribution is -0.147. The second-order valence-corrected chi connectivity index (χ2v) is 10.2. The predicted octanol–water partition coefficient (Wildman–Crippen LogP) is 3.88. The minimum atomic E-state index is -0.0253. The summed E-state index contributed by atoms with van der Waals surface area (Å²) in [4.78, 5) is 15.5.